The van der Waals surface area contributed by atoms with E-state index >= 15 is 0 Å². The molecule has 0 aliphatic heterocycles. The Morgan fingerprint density at radius 3 is 2.39 bits per heavy atom. The topological polar surface area (TPSA) is 51.9 Å². The van der Waals surface area contributed by atoms with Crippen LogP contribution in [0.15, 0.2) is 52.9 Å². The average Bonchev–Trinajstić information content (AvgIpc) is 3.06. The number of nitrogens with zero attached hydrogens (tertiary/aromatic N) is 1. The van der Waals surface area contributed by atoms with Crippen LogP contribution in [0.25, 0.3) is 23.1 Å². The molecule has 0 N–H and O–H groups in total. The molecular weight excluding hydrogens is 354 g/mol. The van der Waals surface area contributed by atoms with Crippen LogP contribution in [0.5, 0.6) is 5.75 Å². The summed E-state index contributed by atoms with van der Waals surface area (Å²) in [6, 6.07) is 15.4. The van der Waals surface area contributed by atoms with E-state index in [-0.39, 0.29) is 6.09 Å². The van der Waals surface area contributed by atoms with E-state index in [0.29, 0.717) is 0 Å². The predicted octanol–water partition coefficient (Wildman–Crippen LogP) is 5.98. The van der Waals surface area contributed by atoms with Gasteiger partial charge in [-0.1, -0.05) is 18.2 Å². The molecule has 0 atom stereocenters. The van der Waals surface area contributed by atoms with Crippen LogP contribution in [0, 0.1) is 0 Å². The lowest BCUT2D eigenvalue weighted by Crippen LogP contribution is -2.34. The van der Waals surface area contributed by atoms with Gasteiger partial charge in [0.1, 0.15) is 22.7 Å². The fourth-order valence-corrected chi connectivity index (χ4v) is 2.66. The molecule has 1 aromatic heterocycles. The van der Waals surface area contributed by atoms with Crippen molar-refractivity contribution in [2.24, 2.45) is 0 Å². The molecule has 0 bridgehead atoms. The summed E-state index contributed by atoms with van der Waals surface area (Å²) in [5.41, 5.74) is 2.03. The predicted molar refractivity (Wildman–Crippen MR) is 113 cm³/mol. The summed E-state index contributed by atoms with van der Waals surface area (Å²) in [6.45, 7) is 5.54. The minimum Gasteiger partial charge on any atom is -0.497 e. The van der Waals surface area contributed by atoms with Crippen molar-refractivity contribution in [3.05, 3.63) is 59.9 Å². The van der Waals surface area contributed by atoms with E-state index in [1.54, 1.807) is 14.2 Å². The van der Waals surface area contributed by atoms with Crippen LogP contribution in [0.2, 0.25) is 0 Å². The van der Waals surface area contributed by atoms with E-state index < -0.39 is 5.60 Å². The van der Waals surface area contributed by atoms with Gasteiger partial charge in [0.05, 0.1) is 7.11 Å². The number of rotatable bonds is 4. The Labute approximate surface area is 165 Å². The number of hydrogen-bond donors (Lipinski definition) is 0. The Morgan fingerprint density at radius 2 is 1.75 bits per heavy atom. The summed E-state index contributed by atoms with van der Waals surface area (Å²) in [7, 11) is 3.33. The van der Waals surface area contributed by atoms with Gasteiger partial charge in [-0.05, 0) is 62.7 Å². The number of hydrogen-bond acceptors (Lipinski definition) is 4. The first-order chi connectivity index (χ1) is 13.2. The van der Waals surface area contributed by atoms with Gasteiger partial charge in [0.2, 0.25) is 0 Å². The van der Waals surface area contributed by atoms with E-state index in [4.69, 9.17) is 13.9 Å². The number of furan rings is 1. The summed E-state index contributed by atoms with van der Waals surface area (Å²) in [5.74, 6) is 1.53. The summed E-state index contributed by atoms with van der Waals surface area (Å²) < 4.78 is 16.4. The standard InChI is InChI=1S/C23H25NO4/c1-23(2,3)28-22(25)24(4)18-10-6-16(7-11-18)8-12-20-14-17-9-13-19(26-5)15-21(17)27-20/h6-15H,1-5H3/b12-8+. The molecule has 0 radical (unpaired) electrons. The molecule has 0 saturated heterocycles. The van der Waals surface area contributed by atoms with Gasteiger partial charge in [-0.2, -0.15) is 0 Å². The maximum absolute atomic E-state index is 12.2. The van der Waals surface area contributed by atoms with Gasteiger partial charge in [0.15, 0.2) is 0 Å². The van der Waals surface area contributed by atoms with Crippen LogP contribution in [-0.2, 0) is 4.74 Å². The Hall–Kier alpha value is -3.21. The largest absolute Gasteiger partial charge is 0.497 e. The molecular formula is C23H25NO4. The highest BCUT2D eigenvalue weighted by Gasteiger charge is 2.20. The molecule has 0 aliphatic carbocycles. The molecule has 28 heavy (non-hydrogen) atoms. The van der Waals surface area contributed by atoms with Crippen LogP contribution in [0.4, 0.5) is 10.5 Å². The molecule has 0 aliphatic rings. The Morgan fingerprint density at radius 1 is 1.04 bits per heavy atom. The first-order valence-electron chi connectivity index (χ1n) is 9.07. The van der Waals surface area contributed by atoms with E-state index in [2.05, 4.69) is 0 Å². The first kappa shape index (κ1) is 19.5. The van der Waals surface area contributed by atoms with E-state index in [9.17, 15) is 4.79 Å². The van der Waals surface area contributed by atoms with E-state index in [1.165, 1.54) is 4.90 Å². The summed E-state index contributed by atoms with van der Waals surface area (Å²) in [5, 5.41) is 1.02. The number of fused-ring (bicyclic) bond motifs is 1. The zero-order valence-corrected chi connectivity index (χ0v) is 16.9. The number of benzene rings is 2. The van der Waals surface area contributed by atoms with Crippen LogP contribution in [0.3, 0.4) is 0 Å². The minimum absolute atomic E-state index is 0.381. The highest BCUT2D eigenvalue weighted by atomic mass is 16.6. The molecule has 3 rings (SSSR count). The van der Waals surface area contributed by atoms with Crippen molar-refractivity contribution in [3.63, 3.8) is 0 Å². The molecule has 5 heteroatoms. The van der Waals surface area contributed by atoms with Gasteiger partial charge in [-0.3, -0.25) is 4.90 Å². The van der Waals surface area contributed by atoms with Crippen LogP contribution >= 0.6 is 0 Å². The lowest BCUT2D eigenvalue weighted by Gasteiger charge is -2.24. The van der Waals surface area contributed by atoms with Crippen molar-refractivity contribution in [1.82, 2.24) is 0 Å². The van der Waals surface area contributed by atoms with E-state index in [1.807, 2.05) is 81.5 Å². The molecule has 0 saturated carbocycles. The molecule has 1 heterocycles. The smallest absolute Gasteiger partial charge is 0.414 e. The second kappa shape index (κ2) is 7.80. The summed E-state index contributed by atoms with van der Waals surface area (Å²) in [4.78, 5) is 13.6. The quantitative estimate of drug-likeness (QED) is 0.559. The summed E-state index contributed by atoms with van der Waals surface area (Å²) in [6.07, 6.45) is 3.50. The number of carbonyl (C=O) groups excluding carboxylic acids is 1. The minimum atomic E-state index is -0.523. The highest BCUT2D eigenvalue weighted by Crippen LogP contribution is 2.25. The fraction of sp³-hybridized carbons (Fsp3) is 0.261. The Balaban J connectivity index is 1.71. The van der Waals surface area contributed by atoms with Crippen molar-refractivity contribution in [2.75, 3.05) is 19.1 Å². The second-order valence-electron chi connectivity index (χ2n) is 7.52. The van der Waals surface area contributed by atoms with Gasteiger partial charge in [0.25, 0.3) is 0 Å². The maximum atomic E-state index is 12.2. The molecule has 3 aromatic rings. The number of anilines is 1. The lowest BCUT2D eigenvalue weighted by molar-refractivity contribution is 0.0589. The molecule has 0 fully saturated rings. The van der Waals surface area contributed by atoms with Crippen LogP contribution in [-0.4, -0.2) is 25.9 Å². The third-order valence-corrected chi connectivity index (χ3v) is 4.13. The fourth-order valence-electron chi connectivity index (χ4n) is 2.66. The third-order valence-electron chi connectivity index (χ3n) is 4.13. The van der Waals surface area contributed by atoms with Crippen molar-refractivity contribution in [1.29, 1.82) is 0 Å². The molecule has 5 nitrogen and oxygen atoms in total. The SMILES string of the molecule is COc1ccc2cc(/C=C/c3ccc(N(C)C(=O)OC(C)(C)C)cc3)oc2c1. The monoisotopic (exact) mass is 379 g/mol. The third kappa shape index (κ3) is 4.74. The Bertz CT molecular complexity index is 994. The molecule has 2 aromatic carbocycles. The molecule has 0 unspecified atom stereocenters. The highest BCUT2D eigenvalue weighted by molar-refractivity contribution is 5.87. The van der Waals surface area contributed by atoms with Gasteiger partial charge >= 0.3 is 6.09 Å². The zero-order valence-electron chi connectivity index (χ0n) is 16.9. The van der Waals surface area contributed by atoms with Crippen molar-refractivity contribution in [2.45, 2.75) is 26.4 Å². The van der Waals surface area contributed by atoms with Gasteiger partial charge in [0, 0.05) is 24.2 Å². The number of ether oxygens (including phenoxy) is 2. The summed E-state index contributed by atoms with van der Waals surface area (Å²) >= 11 is 0. The normalized spacial score (nSPS) is 11.8. The molecule has 0 spiro atoms. The number of amides is 1. The molecule has 1 amide bonds. The maximum Gasteiger partial charge on any atom is 0.414 e. The van der Waals surface area contributed by atoms with Crippen molar-refractivity contribution < 1.29 is 18.7 Å². The number of carbonyl (C=O) groups is 1. The van der Waals surface area contributed by atoms with E-state index in [0.717, 1.165) is 33.7 Å². The number of methoxy groups -OCH3 is 1. The van der Waals surface area contributed by atoms with Crippen LogP contribution in [0.1, 0.15) is 32.1 Å². The molecule has 146 valence electrons. The second-order valence-corrected chi connectivity index (χ2v) is 7.52. The van der Waals surface area contributed by atoms with Crippen molar-refractivity contribution >= 4 is 34.9 Å². The zero-order chi connectivity index (χ0) is 20.3. The Kier molecular flexibility index (Phi) is 5.45. The average molecular weight is 379 g/mol. The first-order valence-corrected chi connectivity index (χ1v) is 9.07. The van der Waals surface area contributed by atoms with Crippen molar-refractivity contribution in [3.8, 4) is 5.75 Å². The van der Waals surface area contributed by atoms with Gasteiger partial charge in [-0.15, -0.1) is 0 Å². The van der Waals surface area contributed by atoms with Gasteiger partial charge in [-0.25, -0.2) is 4.79 Å². The lowest BCUT2D eigenvalue weighted by atomic mass is 10.1. The van der Waals surface area contributed by atoms with Crippen LogP contribution < -0.4 is 9.64 Å². The van der Waals surface area contributed by atoms with Gasteiger partial charge < -0.3 is 13.9 Å².